The third-order valence-corrected chi connectivity index (χ3v) is 3.50. The van der Waals surface area contributed by atoms with Crippen LogP contribution < -0.4 is 0 Å². The topological polar surface area (TPSA) is 20.2 Å². The van der Waals surface area contributed by atoms with Crippen LogP contribution in [0.1, 0.15) is 49.7 Å². The molecule has 0 saturated heterocycles. The Morgan fingerprint density at radius 2 is 2.20 bits per heavy atom. The maximum Gasteiger partial charge on any atom is 0.0608 e. The van der Waals surface area contributed by atoms with E-state index in [1.54, 1.807) is 0 Å². The SMILES string of the molecule is CCCCC(O)C1CCc2ccccc21. The molecule has 1 aliphatic carbocycles. The van der Waals surface area contributed by atoms with Crippen LogP contribution in [0.15, 0.2) is 24.3 Å². The Morgan fingerprint density at radius 1 is 1.40 bits per heavy atom. The number of hydrogen-bond donors (Lipinski definition) is 1. The van der Waals surface area contributed by atoms with Crippen molar-refractivity contribution in [3.05, 3.63) is 35.4 Å². The monoisotopic (exact) mass is 204 g/mol. The standard InChI is InChI=1S/C14H20O/c1-2-3-8-14(15)13-10-9-11-6-4-5-7-12(11)13/h4-7,13-15H,2-3,8-10H2,1H3. The van der Waals surface area contributed by atoms with Gasteiger partial charge in [-0.25, -0.2) is 0 Å². The number of hydrogen-bond acceptors (Lipinski definition) is 1. The van der Waals surface area contributed by atoms with Gasteiger partial charge < -0.3 is 5.11 Å². The Balaban J connectivity index is 2.06. The molecule has 0 fully saturated rings. The fourth-order valence-electron chi connectivity index (χ4n) is 2.60. The summed E-state index contributed by atoms with van der Waals surface area (Å²) in [5, 5.41) is 10.1. The molecule has 0 amide bonds. The molecule has 82 valence electrons. The molecule has 1 nitrogen and oxygen atoms in total. The molecule has 1 heteroatoms. The first-order valence-electron chi connectivity index (χ1n) is 6.08. The van der Waals surface area contributed by atoms with Crippen molar-refractivity contribution in [2.75, 3.05) is 0 Å². The summed E-state index contributed by atoms with van der Waals surface area (Å²) in [6.07, 6.45) is 5.41. The minimum absolute atomic E-state index is 0.131. The number of aliphatic hydroxyl groups is 1. The van der Waals surface area contributed by atoms with Gasteiger partial charge in [0.1, 0.15) is 0 Å². The molecule has 0 radical (unpaired) electrons. The number of benzene rings is 1. The van der Waals surface area contributed by atoms with E-state index in [0.29, 0.717) is 5.92 Å². The molecule has 2 unspecified atom stereocenters. The molecule has 2 rings (SSSR count). The molecular weight excluding hydrogens is 184 g/mol. The second-order valence-electron chi connectivity index (χ2n) is 4.55. The van der Waals surface area contributed by atoms with E-state index >= 15 is 0 Å². The number of unbranched alkanes of at least 4 members (excludes halogenated alkanes) is 1. The van der Waals surface area contributed by atoms with Crippen molar-refractivity contribution in [3.8, 4) is 0 Å². The molecule has 0 saturated carbocycles. The van der Waals surface area contributed by atoms with Gasteiger partial charge in [0.05, 0.1) is 6.10 Å². The lowest BCUT2D eigenvalue weighted by Gasteiger charge is -2.18. The Bertz CT molecular complexity index is 319. The van der Waals surface area contributed by atoms with Crippen LogP contribution in [0.2, 0.25) is 0 Å². The van der Waals surface area contributed by atoms with Crippen molar-refractivity contribution >= 4 is 0 Å². The number of rotatable bonds is 4. The zero-order chi connectivity index (χ0) is 10.7. The van der Waals surface area contributed by atoms with Crippen molar-refractivity contribution in [1.29, 1.82) is 0 Å². The number of aryl methyl sites for hydroxylation is 1. The third kappa shape index (κ3) is 2.23. The van der Waals surface area contributed by atoms with Crippen LogP contribution in [-0.2, 0) is 6.42 Å². The van der Waals surface area contributed by atoms with Crippen molar-refractivity contribution < 1.29 is 5.11 Å². The van der Waals surface area contributed by atoms with Gasteiger partial charge in [0, 0.05) is 5.92 Å². The summed E-state index contributed by atoms with van der Waals surface area (Å²) in [5.74, 6) is 0.396. The molecule has 1 aromatic rings. The van der Waals surface area contributed by atoms with E-state index in [0.717, 1.165) is 25.7 Å². The lowest BCUT2D eigenvalue weighted by atomic mass is 9.92. The zero-order valence-electron chi connectivity index (χ0n) is 9.45. The van der Waals surface area contributed by atoms with E-state index in [2.05, 4.69) is 31.2 Å². The fraction of sp³-hybridized carbons (Fsp3) is 0.571. The number of fused-ring (bicyclic) bond motifs is 1. The first-order chi connectivity index (χ1) is 7.33. The summed E-state index contributed by atoms with van der Waals surface area (Å²) >= 11 is 0. The van der Waals surface area contributed by atoms with E-state index < -0.39 is 0 Å². The maximum atomic E-state index is 10.1. The highest BCUT2D eigenvalue weighted by Crippen LogP contribution is 2.36. The first-order valence-corrected chi connectivity index (χ1v) is 6.08. The van der Waals surface area contributed by atoms with Crippen LogP contribution in [0.3, 0.4) is 0 Å². The van der Waals surface area contributed by atoms with E-state index in [1.807, 2.05) is 0 Å². The fourth-order valence-corrected chi connectivity index (χ4v) is 2.60. The molecule has 0 heterocycles. The minimum atomic E-state index is -0.131. The Morgan fingerprint density at radius 3 is 3.00 bits per heavy atom. The second kappa shape index (κ2) is 4.80. The predicted octanol–water partition coefficient (Wildman–Crippen LogP) is 3.27. The molecule has 0 spiro atoms. The largest absolute Gasteiger partial charge is 0.392 e. The van der Waals surface area contributed by atoms with Crippen LogP contribution in [0, 0.1) is 0 Å². The summed E-state index contributed by atoms with van der Waals surface area (Å²) in [7, 11) is 0. The third-order valence-electron chi connectivity index (χ3n) is 3.50. The molecule has 1 N–H and O–H groups in total. The highest BCUT2D eigenvalue weighted by atomic mass is 16.3. The van der Waals surface area contributed by atoms with Crippen LogP contribution in [0.4, 0.5) is 0 Å². The minimum Gasteiger partial charge on any atom is -0.392 e. The second-order valence-corrected chi connectivity index (χ2v) is 4.55. The molecule has 0 aliphatic heterocycles. The van der Waals surface area contributed by atoms with Crippen LogP contribution in [-0.4, -0.2) is 11.2 Å². The molecule has 0 bridgehead atoms. The van der Waals surface area contributed by atoms with E-state index in [4.69, 9.17) is 0 Å². The van der Waals surface area contributed by atoms with Gasteiger partial charge in [-0.1, -0.05) is 44.0 Å². The van der Waals surface area contributed by atoms with Crippen molar-refractivity contribution in [3.63, 3.8) is 0 Å². The van der Waals surface area contributed by atoms with E-state index in [1.165, 1.54) is 17.5 Å². The lowest BCUT2D eigenvalue weighted by molar-refractivity contribution is 0.130. The first kappa shape index (κ1) is 10.7. The molecule has 0 aromatic heterocycles. The molecular formula is C14H20O. The van der Waals surface area contributed by atoms with Gasteiger partial charge in [-0.05, 0) is 30.4 Å². The summed E-state index contributed by atoms with van der Waals surface area (Å²) in [6.45, 7) is 2.18. The van der Waals surface area contributed by atoms with Crippen LogP contribution >= 0.6 is 0 Å². The van der Waals surface area contributed by atoms with E-state index in [9.17, 15) is 5.11 Å². The Hall–Kier alpha value is -0.820. The summed E-state index contributed by atoms with van der Waals surface area (Å²) in [5.41, 5.74) is 2.83. The predicted molar refractivity (Wildman–Crippen MR) is 63.0 cm³/mol. The van der Waals surface area contributed by atoms with Gasteiger partial charge in [0.15, 0.2) is 0 Å². The Kier molecular flexibility index (Phi) is 3.42. The maximum absolute atomic E-state index is 10.1. The number of aliphatic hydroxyl groups excluding tert-OH is 1. The van der Waals surface area contributed by atoms with Gasteiger partial charge in [-0.2, -0.15) is 0 Å². The average molecular weight is 204 g/mol. The van der Waals surface area contributed by atoms with Crippen LogP contribution in [0.25, 0.3) is 0 Å². The van der Waals surface area contributed by atoms with Crippen LogP contribution in [0.5, 0.6) is 0 Å². The van der Waals surface area contributed by atoms with Gasteiger partial charge >= 0.3 is 0 Å². The summed E-state index contributed by atoms with van der Waals surface area (Å²) < 4.78 is 0. The van der Waals surface area contributed by atoms with E-state index in [-0.39, 0.29) is 6.10 Å². The summed E-state index contributed by atoms with van der Waals surface area (Å²) in [4.78, 5) is 0. The molecule has 15 heavy (non-hydrogen) atoms. The highest BCUT2D eigenvalue weighted by Gasteiger charge is 2.27. The van der Waals surface area contributed by atoms with Gasteiger partial charge in [-0.15, -0.1) is 0 Å². The van der Waals surface area contributed by atoms with Gasteiger partial charge in [0.25, 0.3) is 0 Å². The van der Waals surface area contributed by atoms with Crippen molar-refractivity contribution in [1.82, 2.24) is 0 Å². The van der Waals surface area contributed by atoms with Crippen molar-refractivity contribution in [2.24, 2.45) is 0 Å². The molecule has 1 aliphatic rings. The van der Waals surface area contributed by atoms with Gasteiger partial charge in [0.2, 0.25) is 0 Å². The molecule has 1 aromatic carbocycles. The molecule has 2 atom stereocenters. The zero-order valence-corrected chi connectivity index (χ0v) is 9.45. The van der Waals surface area contributed by atoms with Crippen molar-refractivity contribution in [2.45, 2.75) is 51.0 Å². The lowest BCUT2D eigenvalue weighted by Crippen LogP contribution is -2.16. The smallest absolute Gasteiger partial charge is 0.0608 e. The normalized spacial score (nSPS) is 21.3. The Labute approximate surface area is 92.1 Å². The van der Waals surface area contributed by atoms with Gasteiger partial charge in [-0.3, -0.25) is 0 Å². The average Bonchev–Trinajstić information content (AvgIpc) is 2.69. The summed E-state index contributed by atoms with van der Waals surface area (Å²) in [6, 6.07) is 8.56. The highest BCUT2D eigenvalue weighted by molar-refractivity contribution is 5.35. The quantitative estimate of drug-likeness (QED) is 0.798.